The van der Waals surface area contributed by atoms with Crippen molar-refractivity contribution in [1.82, 2.24) is 5.32 Å². The second kappa shape index (κ2) is 7.67. The van der Waals surface area contributed by atoms with Crippen molar-refractivity contribution < 1.29 is 22.7 Å². The lowest BCUT2D eigenvalue weighted by Crippen LogP contribution is -2.40. The third-order valence-electron chi connectivity index (χ3n) is 5.70. The fourth-order valence-electron chi connectivity index (χ4n) is 4.11. The minimum atomic E-state index is -3.83. The van der Waals surface area contributed by atoms with Crippen LogP contribution in [0.3, 0.4) is 0 Å². The zero-order valence-electron chi connectivity index (χ0n) is 16.3. The number of sulfonamides is 1. The van der Waals surface area contributed by atoms with Crippen LogP contribution in [0.1, 0.15) is 32.6 Å². The van der Waals surface area contributed by atoms with Gasteiger partial charge in [0.15, 0.2) is 6.61 Å². The molecule has 7 nitrogen and oxygen atoms in total. The predicted octanol–water partition coefficient (Wildman–Crippen LogP) is 2.59. The molecule has 0 unspecified atom stereocenters. The summed E-state index contributed by atoms with van der Waals surface area (Å²) < 4.78 is 31.8. The normalized spacial score (nSPS) is 22.4. The molecule has 1 amide bonds. The standard InChI is InChI=1S/C21H24N2O5S/c1-14-8-10-16(11-9-14)22-19(24)13-28-20(25)12-23-17-6-2-4-15-5-3-7-18(21(15)17)29(23,26)27/h2-7,14,16H,8-13H2,1H3,(H,22,24). The molecule has 0 saturated heterocycles. The smallest absolute Gasteiger partial charge is 0.327 e. The third-order valence-corrected chi connectivity index (χ3v) is 7.50. The summed E-state index contributed by atoms with van der Waals surface area (Å²) in [6.45, 7) is 1.32. The Labute approximate surface area is 170 Å². The van der Waals surface area contributed by atoms with Crippen molar-refractivity contribution in [2.24, 2.45) is 5.92 Å². The van der Waals surface area contributed by atoms with Gasteiger partial charge in [0.1, 0.15) is 6.54 Å². The summed E-state index contributed by atoms with van der Waals surface area (Å²) in [5.41, 5.74) is 0.454. The molecule has 1 N–H and O–H groups in total. The first-order valence-corrected chi connectivity index (χ1v) is 11.3. The lowest BCUT2D eigenvalue weighted by Gasteiger charge is -2.26. The summed E-state index contributed by atoms with van der Waals surface area (Å²) in [6.07, 6.45) is 4.00. The number of amides is 1. The van der Waals surface area contributed by atoms with Crippen LogP contribution in [0.5, 0.6) is 0 Å². The van der Waals surface area contributed by atoms with E-state index < -0.39 is 29.1 Å². The van der Waals surface area contributed by atoms with Gasteiger partial charge in [-0.1, -0.05) is 31.2 Å². The highest BCUT2D eigenvalue weighted by Gasteiger charge is 2.37. The fourth-order valence-corrected chi connectivity index (χ4v) is 5.77. The largest absolute Gasteiger partial charge is 0.454 e. The molecule has 4 rings (SSSR count). The monoisotopic (exact) mass is 416 g/mol. The minimum Gasteiger partial charge on any atom is -0.454 e. The summed E-state index contributed by atoms with van der Waals surface area (Å²) in [5, 5.41) is 4.28. The van der Waals surface area contributed by atoms with E-state index >= 15 is 0 Å². The Kier molecular flexibility index (Phi) is 5.21. The highest BCUT2D eigenvalue weighted by atomic mass is 32.2. The molecule has 0 bridgehead atoms. The minimum absolute atomic E-state index is 0.114. The zero-order chi connectivity index (χ0) is 20.6. The van der Waals surface area contributed by atoms with Crippen LogP contribution in [-0.2, 0) is 24.3 Å². The number of benzene rings is 2. The van der Waals surface area contributed by atoms with Crippen LogP contribution in [0.2, 0.25) is 0 Å². The summed E-state index contributed by atoms with van der Waals surface area (Å²) in [6, 6.07) is 10.4. The van der Waals surface area contributed by atoms with Crippen molar-refractivity contribution in [3.8, 4) is 0 Å². The Morgan fingerprint density at radius 3 is 2.52 bits per heavy atom. The summed E-state index contributed by atoms with van der Waals surface area (Å²) >= 11 is 0. The molecule has 2 aliphatic rings. The number of anilines is 1. The molecule has 1 fully saturated rings. The van der Waals surface area contributed by atoms with Gasteiger partial charge in [-0.2, -0.15) is 0 Å². The molecule has 1 saturated carbocycles. The molecule has 1 aliphatic heterocycles. The van der Waals surface area contributed by atoms with Crippen molar-refractivity contribution in [2.75, 3.05) is 17.5 Å². The Bertz CT molecular complexity index is 1050. The van der Waals surface area contributed by atoms with Crippen molar-refractivity contribution >= 4 is 38.4 Å². The second-order valence-corrected chi connectivity index (χ2v) is 9.66. The highest BCUT2D eigenvalue weighted by molar-refractivity contribution is 7.93. The number of carbonyl (C=O) groups is 2. The predicted molar refractivity (Wildman–Crippen MR) is 109 cm³/mol. The first-order valence-electron chi connectivity index (χ1n) is 9.86. The number of nitrogens with zero attached hydrogens (tertiary/aromatic N) is 1. The maximum absolute atomic E-state index is 12.9. The van der Waals surface area contributed by atoms with Crippen LogP contribution in [0, 0.1) is 5.92 Å². The van der Waals surface area contributed by atoms with Crippen molar-refractivity contribution in [2.45, 2.75) is 43.5 Å². The second-order valence-electron chi connectivity index (χ2n) is 7.83. The van der Waals surface area contributed by atoms with Crippen LogP contribution in [-0.4, -0.2) is 39.5 Å². The van der Waals surface area contributed by atoms with Crippen molar-refractivity contribution in [1.29, 1.82) is 0 Å². The Hall–Kier alpha value is -2.61. The molecule has 2 aromatic carbocycles. The number of esters is 1. The van der Waals surface area contributed by atoms with E-state index in [9.17, 15) is 18.0 Å². The average molecular weight is 416 g/mol. The Morgan fingerprint density at radius 2 is 1.79 bits per heavy atom. The van der Waals surface area contributed by atoms with Crippen LogP contribution in [0.25, 0.3) is 10.8 Å². The highest BCUT2D eigenvalue weighted by Crippen LogP contribution is 2.41. The van der Waals surface area contributed by atoms with Gasteiger partial charge in [-0.3, -0.25) is 13.9 Å². The fraction of sp³-hybridized carbons (Fsp3) is 0.429. The molecule has 1 aliphatic carbocycles. The van der Waals surface area contributed by atoms with Crippen LogP contribution >= 0.6 is 0 Å². The molecule has 0 radical (unpaired) electrons. The maximum Gasteiger partial charge on any atom is 0.327 e. The number of hydrogen-bond acceptors (Lipinski definition) is 5. The molecule has 0 atom stereocenters. The Balaban J connectivity index is 1.38. The molecular weight excluding hydrogens is 392 g/mol. The molecule has 0 aromatic heterocycles. The number of hydrogen-bond donors (Lipinski definition) is 1. The molecule has 2 aromatic rings. The van der Waals surface area contributed by atoms with Gasteiger partial charge >= 0.3 is 5.97 Å². The van der Waals surface area contributed by atoms with Gasteiger partial charge in [-0.05, 0) is 49.1 Å². The van der Waals surface area contributed by atoms with E-state index in [1.54, 1.807) is 18.2 Å². The van der Waals surface area contributed by atoms with E-state index in [1.165, 1.54) is 6.07 Å². The molecule has 1 heterocycles. The van der Waals surface area contributed by atoms with Gasteiger partial charge in [0.25, 0.3) is 15.9 Å². The Morgan fingerprint density at radius 1 is 1.10 bits per heavy atom. The average Bonchev–Trinajstić information content (AvgIpc) is 2.92. The third kappa shape index (κ3) is 3.81. The number of rotatable bonds is 5. The van der Waals surface area contributed by atoms with E-state index in [1.807, 2.05) is 12.1 Å². The van der Waals surface area contributed by atoms with Gasteiger partial charge in [-0.15, -0.1) is 0 Å². The van der Waals surface area contributed by atoms with E-state index in [0.29, 0.717) is 17.0 Å². The lowest BCUT2D eigenvalue weighted by molar-refractivity contribution is -0.147. The first kappa shape index (κ1) is 19.7. The van der Waals surface area contributed by atoms with Gasteiger partial charge in [-0.25, -0.2) is 8.42 Å². The maximum atomic E-state index is 12.9. The van der Waals surface area contributed by atoms with E-state index in [0.717, 1.165) is 35.4 Å². The molecule has 8 heteroatoms. The van der Waals surface area contributed by atoms with Crippen LogP contribution in [0.4, 0.5) is 5.69 Å². The van der Waals surface area contributed by atoms with Crippen molar-refractivity contribution in [3.63, 3.8) is 0 Å². The number of carbonyl (C=O) groups excluding carboxylic acids is 2. The first-order chi connectivity index (χ1) is 13.9. The van der Waals surface area contributed by atoms with E-state index in [2.05, 4.69) is 12.2 Å². The molecular formula is C21H24N2O5S. The summed E-state index contributed by atoms with van der Waals surface area (Å²) in [5.74, 6) is -0.435. The van der Waals surface area contributed by atoms with E-state index in [-0.39, 0.29) is 16.8 Å². The number of nitrogens with one attached hydrogen (secondary N) is 1. The number of ether oxygens (including phenoxy) is 1. The zero-order valence-corrected chi connectivity index (χ0v) is 17.1. The summed E-state index contributed by atoms with van der Waals surface area (Å²) in [4.78, 5) is 24.5. The lowest BCUT2D eigenvalue weighted by atomic mass is 9.87. The molecule has 0 spiro atoms. The van der Waals surface area contributed by atoms with Gasteiger partial charge < -0.3 is 10.1 Å². The van der Waals surface area contributed by atoms with Gasteiger partial charge in [0, 0.05) is 11.4 Å². The SMILES string of the molecule is CC1CCC(NC(=O)COC(=O)CN2c3cccc4cccc(c34)S2(=O)=O)CC1. The quantitative estimate of drug-likeness (QED) is 0.757. The van der Waals surface area contributed by atoms with Crippen LogP contribution in [0.15, 0.2) is 41.3 Å². The van der Waals surface area contributed by atoms with Gasteiger partial charge in [0.05, 0.1) is 10.6 Å². The molecule has 154 valence electrons. The van der Waals surface area contributed by atoms with E-state index in [4.69, 9.17) is 4.74 Å². The van der Waals surface area contributed by atoms with Crippen molar-refractivity contribution in [3.05, 3.63) is 36.4 Å². The summed E-state index contributed by atoms with van der Waals surface area (Å²) in [7, 11) is -3.83. The van der Waals surface area contributed by atoms with Crippen LogP contribution < -0.4 is 9.62 Å². The topological polar surface area (TPSA) is 92.8 Å². The molecule has 29 heavy (non-hydrogen) atoms. The van der Waals surface area contributed by atoms with Gasteiger partial charge in [0.2, 0.25) is 0 Å².